The zero-order chi connectivity index (χ0) is 19.5. The number of aromatic nitrogens is 4. The molecule has 146 valence electrons. The molecule has 1 saturated heterocycles. The molecule has 0 atom stereocenters. The maximum atomic E-state index is 12.9. The van der Waals surface area contributed by atoms with Crippen LogP contribution in [0.25, 0.3) is 0 Å². The third-order valence-corrected chi connectivity index (χ3v) is 5.35. The lowest BCUT2D eigenvalue weighted by Crippen LogP contribution is -2.48. The molecule has 0 bridgehead atoms. The van der Waals surface area contributed by atoms with Gasteiger partial charge >= 0.3 is 0 Å². The largest absolute Gasteiger partial charge is 0.336 e. The van der Waals surface area contributed by atoms with Crippen LogP contribution in [0.5, 0.6) is 0 Å². The standard InChI is InChI=1S/C20H23BrN6O/c1-24-12-17(10-22-24)13-25-5-7-26(8-6-25)20(28)18-4-2-3-16(9-18)14-27-15-19(21)11-23-27/h2-4,9-12,15H,5-8,13-14H2,1H3. The van der Waals surface area contributed by atoms with Crippen LogP contribution in [0.3, 0.4) is 0 Å². The van der Waals surface area contributed by atoms with E-state index >= 15 is 0 Å². The van der Waals surface area contributed by atoms with Crippen LogP contribution >= 0.6 is 15.9 Å². The third kappa shape index (κ3) is 4.51. The summed E-state index contributed by atoms with van der Waals surface area (Å²) in [6.07, 6.45) is 7.64. The third-order valence-electron chi connectivity index (χ3n) is 4.94. The van der Waals surface area contributed by atoms with Crippen molar-refractivity contribution >= 4 is 21.8 Å². The van der Waals surface area contributed by atoms with Crippen molar-refractivity contribution in [2.45, 2.75) is 13.1 Å². The summed E-state index contributed by atoms with van der Waals surface area (Å²) in [5, 5.41) is 8.50. The second-order valence-electron chi connectivity index (χ2n) is 7.15. The lowest BCUT2D eigenvalue weighted by atomic mass is 10.1. The number of nitrogens with zero attached hydrogens (tertiary/aromatic N) is 6. The Balaban J connectivity index is 1.35. The molecule has 1 amide bonds. The molecule has 8 heteroatoms. The average Bonchev–Trinajstić information content (AvgIpc) is 3.30. The van der Waals surface area contributed by atoms with Crippen LogP contribution in [-0.2, 0) is 20.1 Å². The van der Waals surface area contributed by atoms with E-state index in [-0.39, 0.29) is 5.91 Å². The summed E-state index contributed by atoms with van der Waals surface area (Å²) in [5.41, 5.74) is 3.02. The SMILES string of the molecule is Cn1cc(CN2CCN(C(=O)c3cccc(Cn4cc(Br)cn4)c3)CC2)cn1. The van der Waals surface area contributed by atoms with Crippen LogP contribution in [0.2, 0.25) is 0 Å². The molecule has 1 aliphatic heterocycles. The van der Waals surface area contributed by atoms with Crippen molar-refractivity contribution in [2.75, 3.05) is 26.2 Å². The number of rotatable bonds is 5. The molecule has 0 aliphatic carbocycles. The van der Waals surface area contributed by atoms with Gasteiger partial charge in [-0.2, -0.15) is 10.2 Å². The Morgan fingerprint density at radius 3 is 2.54 bits per heavy atom. The van der Waals surface area contributed by atoms with Crippen LogP contribution in [0, 0.1) is 0 Å². The summed E-state index contributed by atoms with van der Waals surface area (Å²) in [6, 6.07) is 7.84. The summed E-state index contributed by atoms with van der Waals surface area (Å²) in [4.78, 5) is 17.3. The molecule has 2 aromatic heterocycles. The number of aryl methyl sites for hydroxylation is 1. The van der Waals surface area contributed by atoms with Gasteiger partial charge in [0.05, 0.1) is 23.4 Å². The number of carbonyl (C=O) groups is 1. The van der Waals surface area contributed by atoms with Gasteiger partial charge in [0.1, 0.15) is 0 Å². The van der Waals surface area contributed by atoms with Crippen molar-refractivity contribution in [1.29, 1.82) is 0 Å². The molecular weight excluding hydrogens is 420 g/mol. The average molecular weight is 443 g/mol. The first kappa shape index (κ1) is 18.9. The smallest absolute Gasteiger partial charge is 0.253 e. The van der Waals surface area contributed by atoms with Crippen molar-refractivity contribution < 1.29 is 4.79 Å². The first-order valence-electron chi connectivity index (χ1n) is 9.33. The van der Waals surface area contributed by atoms with Crippen LogP contribution in [-0.4, -0.2) is 61.4 Å². The number of hydrogen-bond acceptors (Lipinski definition) is 4. The van der Waals surface area contributed by atoms with Crippen molar-refractivity contribution in [3.63, 3.8) is 0 Å². The van der Waals surface area contributed by atoms with Crippen molar-refractivity contribution in [3.8, 4) is 0 Å². The molecule has 1 aliphatic rings. The molecular formula is C20H23BrN6O. The molecule has 0 saturated carbocycles. The van der Waals surface area contributed by atoms with Gasteiger partial charge in [0.25, 0.3) is 5.91 Å². The minimum atomic E-state index is 0.101. The topological polar surface area (TPSA) is 59.2 Å². The highest BCUT2D eigenvalue weighted by Gasteiger charge is 2.22. The molecule has 4 rings (SSSR count). The maximum Gasteiger partial charge on any atom is 0.253 e. The molecule has 1 aromatic carbocycles. The lowest BCUT2D eigenvalue weighted by Gasteiger charge is -2.34. The summed E-state index contributed by atoms with van der Waals surface area (Å²) < 4.78 is 4.62. The second kappa shape index (κ2) is 8.28. The molecule has 7 nitrogen and oxygen atoms in total. The lowest BCUT2D eigenvalue weighted by molar-refractivity contribution is 0.0628. The number of carbonyl (C=O) groups excluding carboxylic acids is 1. The quantitative estimate of drug-likeness (QED) is 0.608. The number of amides is 1. The molecule has 3 aromatic rings. The fourth-order valence-corrected chi connectivity index (χ4v) is 3.85. The molecule has 0 N–H and O–H groups in total. The zero-order valence-corrected chi connectivity index (χ0v) is 17.4. The van der Waals surface area contributed by atoms with Gasteiger partial charge in [-0.15, -0.1) is 0 Å². The highest BCUT2D eigenvalue weighted by molar-refractivity contribution is 9.10. The van der Waals surface area contributed by atoms with Crippen molar-refractivity contribution in [3.05, 3.63) is 70.2 Å². The molecule has 3 heterocycles. The van der Waals surface area contributed by atoms with E-state index in [4.69, 9.17) is 0 Å². The van der Waals surface area contributed by atoms with E-state index in [2.05, 4.69) is 31.0 Å². The Hall–Kier alpha value is -2.45. The predicted octanol–water partition coefficient (Wildman–Crippen LogP) is 2.39. The number of benzene rings is 1. The van der Waals surface area contributed by atoms with Crippen molar-refractivity contribution in [1.82, 2.24) is 29.4 Å². The zero-order valence-electron chi connectivity index (χ0n) is 15.8. The summed E-state index contributed by atoms with van der Waals surface area (Å²) in [7, 11) is 1.93. The normalized spacial score (nSPS) is 15.1. The second-order valence-corrected chi connectivity index (χ2v) is 8.06. The molecule has 1 fully saturated rings. The summed E-state index contributed by atoms with van der Waals surface area (Å²) in [6.45, 7) is 4.77. The van der Waals surface area contributed by atoms with Gasteiger partial charge in [-0.25, -0.2) is 0 Å². The van der Waals surface area contributed by atoms with Crippen LogP contribution < -0.4 is 0 Å². The van der Waals surface area contributed by atoms with Gasteiger partial charge in [0.2, 0.25) is 0 Å². The van der Waals surface area contributed by atoms with Crippen LogP contribution in [0.1, 0.15) is 21.5 Å². The molecule has 0 unspecified atom stereocenters. The van der Waals surface area contributed by atoms with Gasteiger partial charge in [-0.3, -0.25) is 19.1 Å². The number of piperazine rings is 1. The monoisotopic (exact) mass is 442 g/mol. The fourth-order valence-electron chi connectivity index (χ4n) is 3.52. The van der Waals surface area contributed by atoms with Crippen LogP contribution in [0.4, 0.5) is 0 Å². The summed E-state index contributed by atoms with van der Waals surface area (Å²) >= 11 is 3.41. The molecule has 28 heavy (non-hydrogen) atoms. The van der Waals surface area contributed by atoms with Gasteiger partial charge in [-0.1, -0.05) is 12.1 Å². The van der Waals surface area contributed by atoms with Crippen LogP contribution in [0.15, 0.2) is 53.5 Å². The van der Waals surface area contributed by atoms with Gasteiger partial charge in [0.15, 0.2) is 0 Å². The van der Waals surface area contributed by atoms with Crippen molar-refractivity contribution in [2.24, 2.45) is 7.05 Å². The minimum absolute atomic E-state index is 0.101. The van der Waals surface area contributed by atoms with E-state index in [0.29, 0.717) is 6.54 Å². The van der Waals surface area contributed by atoms with Gasteiger partial charge in [0, 0.05) is 63.3 Å². The number of hydrogen-bond donors (Lipinski definition) is 0. The van der Waals surface area contributed by atoms with E-state index in [1.807, 2.05) is 64.2 Å². The van der Waals surface area contributed by atoms with E-state index in [1.54, 1.807) is 6.20 Å². The highest BCUT2D eigenvalue weighted by atomic mass is 79.9. The molecule has 0 spiro atoms. The van der Waals surface area contributed by atoms with Gasteiger partial charge in [-0.05, 0) is 33.6 Å². The Bertz CT molecular complexity index is 957. The van der Waals surface area contributed by atoms with E-state index in [9.17, 15) is 4.79 Å². The highest BCUT2D eigenvalue weighted by Crippen LogP contribution is 2.14. The number of halogens is 1. The van der Waals surface area contributed by atoms with E-state index in [0.717, 1.165) is 48.3 Å². The maximum absolute atomic E-state index is 12.9. The molecule has 0 radical (unpaired) electrons. The Kier molecular flexibility index (Phi) is 5.59. The van der Waals surface area contributed by atoms with Gasteiger partial charge < -0.3 is 4.90 Å². The predicted molar refractivity (Wildman–Crippen MR) is 110 cm³/mol. The first-order valence-corrected chi connectivity index (χ1v) is 10.1. The Labute approximate surface area is 172 Å². The Morgan fingerprint density at radius 1 is 1.04 bits per heavy atom. The first-order chi connectivity index (χ1) is 13.6. The minimum Gasteiger partial charge on any atom is -0.336 e. The summed E-state index contributed by atoms with van der Waals surface area (Å²) in [5.74, 6) is 0.101. The van der Waals surface area contributed by atoms with E-state index < -0.39 is 0 Å². The van der Waals surface area contributed by atoms with E-state index in [1.165, 1.54) is 5.56 Å². The fraction of sp³-hybridized carbons (Fsp3) is 0.350. The Morgan fingerprint density at radius 2 is 1.86 bits per heavy atom.